The van der Waals surface area contributed by atoms with Crippen molar-refractivity contribution in [3.63, 3.8) is 0 Å². The van der Waals surface area contributed by atoms with Crippen molar-refractivity contribution in [2.24, 2.45) is 0 Å². The predicted octanol–water partition coefficient (Wildman–Crippen LogP) is 4.80. The Labute approximate surface area is 162 Å². The molecule has 0 atom stereocenters. The zero-order valence-corrected chi connectivity index (χ0v) is 17.6. The van der Waals surface area contributed by atoms with Gasteiger partial charge in [0, 0.05) is 42.8 Å². The molecule has 0 aliphatic heterocycles. The SMILES string of the molecule is CC(=O)OCCCn1ccc(-c2cc(C(C)(C)C)c(O)c(C(C)(C)C)c2)n1. The van der Waals surface area contributed by atoms with E-state index in [9.17, 15) is 9.90 Å². The Bertz CT molecular complexity index is 773. The summed E-state index contributed by atoms with van der Waals surface area (Å²) in [6.07, 6.45) is 2.65. The quantitative estimate of drug-likeness (QED) is 0.604. The van der Waals surface area contributed by atoms with Crippen molar-refractivity contribution in [2.75, 3.05) is 6.61 Å². The molecular weight excluding hydrogens is 340 g/mol. The van der Waals surface area contributed by atoms with Crippen molar-refractivity contribution in [3.8, 4) is 17.0 Å². The number of carbonyl (C=O) groups is 1. The normalized spacial score (nSPS) is 12.3. The van der Waals surface area contributed by atoms with Gasteiger partial charge in [0.2, 0.25) is 0 Å². The largest absolute Gasteiger partial charge is 0.507 e. The average molecular weight is 373 g/mol. The van der Waals surface area contributed by atoms with Gasteiger partial charge >= 0.3 is 5.97 Å². The van der Waals surface area contributed by atoms with Crippen LogP contribution in [0.1, 0.15) is 66.0 Å². The number of hydrogen-bond acceptors (Lipinski definition) is 4. The Morgan fingerprint density at radius 3 is 2.15 bits per heavy atom. The van der Waals surface area contributed by atoms with E-state index in [1.54, 1.807) is 0 Å². The maximum atomic E-state index is 10.9. The first-order valence-corrected chi connectivity index (χ1v) is 9.45. The second kappa shape index (κ2) is 7.75. The number of rotatable bonds is 5. The van der Waals surface area contributed by atoms with Crippen LogP contribution in [0.25, 0.3) is 11.3 Å². The van der Waals surface area contributed by atoms with Gasteiger partial charge in [-0.1, -0.05) is 41.5 Å². The highest BCUT2D eigenvalue weighted by Gasteiger charge is 2.27. The summed E-state index contributed by atoms with van der Waals surface area (Å²) in [6, 6.07) is 6.06. The number of benzene rings is 1. The van der Waals surface area contributed by atoms with E-state index in [4.69, 9.17) is 4.74 Å². The van der Waals surface area contributed by atoms with E-state index in [-0.39, 0.29) is 16.8 Å². The lowest BCUT2D eigenvalue weighted by molar-refractivity contribution is -0.141. The van der Waals surface area contributed by atoms with Crippen molar-refractivity contribution in [1.82, 2.24) is 9.78 Å². The number of nitrogens with zero attached hydrogens (tertiary/aromatic N) is 2. The summed E-state index contributed by atoms with van der Waals surface area (Å²) < 4.78 is 6.83. The monoisotopic (exact) mass is 372 g/mol. The minimum absolute atomic E-state index is 0.174. The first kappa shape index (κ1) is 21.0. The second-order valence-corrected chi connectivity index (χ2v) is 9.08. The van der Waals surface area contributed by atoms with Crippen molar-refractivity contribution in [3.05, 3.63) is 35.5 Å². The van der Waals surface area contributed by atoms with Gasteiger partial charge in [-0.2, -0.15) is 5.10 Å². The summed E-state index contributed by atoms with van der Waals surface area (Å²) in [5, 5.41) is 15.5. The standard InChI is InChI=1S/C22H32N2O3/c1-15(25)27-12-8-10-24-11-9-19(23-24)16-13-17(21(2,3)4)20(26)18(14-16)22(5,6)7/h9,11,13-14,26H,8,10,12H2,1-7H3. The van der Waals surface area contributed by atoms with E-state index in [0.717, 1.165) is 28.8 Å². The number of carbonyl (C=O) groups excluding carboxylic acids is 1. The Hall–Kier alpha value is -2.30. The molecule has 1 N–H and O–H groups in total. The lowest BCUT2D eigenvalue weighted by Gasteiger charge is -2.28. The van der Waals surface area contributed by atoms with E-state index in [1.807, 2.05) is 29.1 Å². The number of esters is 1. The number of phenols is 1. The van der Waals surface area contributed by atoms with E-state index < -0.39 is 0 Å². The van der Waals surface area contributed by atoms with Gasteiger partial charge in [0.15, 0.2) is 0 Å². The van der Waals surface area contributed by atoms with E-state index >= 15 is 0 Å². The second-order valence-electron chi connectivity index (χ2n) is 9.08. The number of ether oxygens (including phenoxy) is 1. The maximum Gasteiger partial charge on any atom is 0.302 e. The van der Waals surface area contributed by atoms with Crippen LogP contribution in [0.15, 0.2) is 24.4 Å². The summed E-state index contributed by atoms with van der Waals surface area (Å²) in [5.74, 6) is 0.115. The molecule has 0 spiro atoms. The molecule has 1 aromatic carbocycles. The third-order valence-electron chi connectivity index (χ3n) is 4.50. The molecule has 0 radical (unpaired) electrons. The van der Waals surface area contributed by atoms with Gasteiger partial charge in [-0.3, -0.25) is 9.48 Å². The smallest absolute Gasteiger partial charge is 0.302 e. The molecule has 1 heterocycles. The number of aromatic hydroxyl groups is 1. The molecule has 0 saturated heterocycles. The number of hydrogen-bond donors (Lipinski definition) is 1. The van der Waals surface area contributed by atoms with E-state index in [2.05, 4.69) is 46.6 Å². The highest BCUT2D eigenvalue weighted by atomic mass is 16.5. The Morgan fingerprint density at radius 2 is 1.67 bits per heavy atom. The molecular formula is C22H32N2O3. The average Bonchev–Trinajstić information content (AvgIpc) is 2.98. The Kier molecular flexibility index (Phi) is 6.03. The zero-order chi connectivity index (χ0) is 20.4. The first-order chi connectivity index (χ1) is 12.4. The Morgan fingerprint density at radius 1 is 1.11 bits per heavy atom. The van der Waals surface area contributed by atoms with Gasteiger partial charge < -0.3 is 9.84 Å². The van der Waals surface area contributed by atoms with Gasteiger partial charge in [-0.25, -0.2) is 0 Å². The molecule has 0 aliphatic carbocycles. The van der Waals surface area contributed by atoms with Crippen LogP contribution in [0.3, 0.4) is 0 Å². The van der Waals surface area contributed by atoms with Crippen molar-refractivity contribution in [2.45, 2.75) is 72.3 Å². The fourth-order valence-corrected chi connectivity index (χ4v) is 3.01. The molecule has 0 saturated carbocycles. The number of aryl methyl sites for hydroxylation is 1. The molecule has 0 amide bonds. The molecule has 0 bridgehead atoms. The van der Waals surface area contributed by atoms with Crippen LogP contribution in [-0.4, -0.2) is 27.5 Å². The van der Waals surface area contributed by atoms with Crippen molar-refractivity contribution >= 4 is 5.97 Å². The molecule has 0 fully saturated rings. The highest BCUT2D eigenvalue weighted by molar-refractivity contribution is 5.66. The van der Waals surface area contributed by atoms with Gasteiger partial charge in [-0.15, -0.1) is 0 Å². The molecule has 1 aromatic heterocycles. The van der Waals surface area contributed by atoms with E-state index in [1.165, 1.54) is 6.92 Å². The predicted molar refractivity (Wildman–Crippen MR) is 108 cm³/mol. The zero-order valence-electron chi connectivity index (χ0n) is 17.6. The topological polar surface area (TPSA) is 64.3 Å². The van der Waals surface area contributed by atoms with Crippen LogP contribution in [0.2, 0.25) is 0 Å². The molecule has 0 aliphatic rings. The van der Waals surface area contributed by atoms with Crippen LogP contribution in [-0.2, 0) is 26.9 Å². The summed E-state index contributed by atoms with van der Waals surface area (Å²) >= 11 is 0. The molecule has 2 rings (SSSR count). The minimum Gasteiger partial charge on any atom is -0.507 e. The highest BCUT2D eigenvalue weighted by Crippen LogP contribution is 2.41. The first-order valence-electron chi connectivity index (χ1n) is 9.45. The maximum absolute atomic E-state index is 10.9. The molecule has 148 valence electrons. The van der Waals surface area contributed by atoms with Gasteiger partial charge in [0.25, 0.3) is 0 Å². The summed E-state index contributed by atoms with van der Waals surface area (Å²) in [5.41, 5.74) is 3.38. The van der Waals surface area contributed by atoms with E-state index in [0.29, 0.717) is 18.9 Å². The van der Waals surface area contributed by atoms with Crippen LogP contribution >= 0.6 is 0 Å². The molecule has 5 nitrogen and oxygen atoms in total. The van der Waals surface area contributed by atoms with Crippen LogP contribution in [0.4, 0.5) is 0 Å². The number of aromatic nitrogens is 2. The summed E-state index contributed by atoms with van der Waals surface area (Å²) in [7, 11) is 0. The van der Waals surface area contributed by atoms with Gasteiger partial charge in [0.1, 0.15) is 5.75 Å². The van der Waals surface area contributed by atoms with Gasteiger partial charge in [-0.05, 0) is 29.0 Å². The van der Waals surface area contributed by atoms with Crippen molar-refractivity contribution in [1.29, 1.82) is 0 Å². The Balaban J connectivity index is 2.34. The fraction of sp³-hybridized carbons (Fsp3) is 0.545. The lowest BCUT2D eigenvalue weighted by atomic mass is 9.78. The van der Waals surface area contributed by atoms with Crippen LogP contribution in [0.5, 0.6) is 5.75 Å². The third-order valence-corrected chi connectivity index (χ3v) is 4.50. The summed E-state index contributed by atoms with van der Waals surface area (Å²) in [6.45, 7) is 15.1. The summed E-state index contributed by atoms with van der Waals surface area (Å²) in [4.78, 5) is 10.8. The van der Waals surface area contributed by atoms with Crippen LogP contribution < -0.4 is 0 Å². The molecule has 5 heteroatoms. The number of phenolic OH excluding ortho intramolecular Hbond substituents is 1. The minimum atomic E-state index is -0.260. The molecule has 2 aromatic rings. The fourth-order valence-electron chi connectivity index (χ4n) is 3.01. The molecule has 0 unspecified atom stereocenters. The molecule has 27 heavy (non-hydrogen) atoms. The third kappa shape index (κ3) is 5.34. The van der Waals surface area contributed by atoms with Crippen LogP contribution in [0, 0.1) is 0 Å². The lowest BCUT2D eigenvalue weighted by Crippen LogP contribution is -2.17. The van der Waals surface area contributed by atoms with Crippen molar-refractivity contribution < 1.29 is 14.6 Å². The van der Waals surface area contributed by atoms with Gasteiger partial charge in [0.05, 0.1) is 12.3 Å².